The summed E-state index contributed by atoms with van der Waals surface area (Å²) in [5.41, 5.74) is 1.61. The fourth-order valence-electron chi connectivity index (χ4n) is 2.68. The van der Waals surface area contributed by atoms with Crippen molar-refractivity contribution >= 4 is 39.2 Å². The number of benzene rings is 2. The standard InChI is InChI=1S/C20H22N2O3S2/c1-4-25-16-9-10-17-18(13-16)27-20(22(17)11-12-26-3)21-19(23)14-5-7-15(24-2)8-6-14/h5-10,13H,4,11-12H2,1-3H3. The molecule has 0 fully saturated rings. The maximum absolute atomic E-state index is 12.6. The third-order valence-corrected chi connectivity index (χ3v) is 5.65. The molecule has 27 heavy (non-hydrogen) atoms. The monoisotopic (exact) mass is 402 g/mol. The number of methoxy groups -OCH3 is 1. The molecule has 5 nitrogen and oxygen atoms in total. The van der Waals surface area contributed by atoms with Gasteiger partial charge >= 0.3 is 0 Å². The molecular weight excluding hydrogens is 380 g/mol. The molecule has 3 rings (SSSR count). The van der Waals surface area contributed by atoms with Crippen molar-refractivity contribution in [2.24, 2.45) is 4.99 Å². The summed E-state index contributed by atoms with van der Waals surface area (Å²) >= 11 is 3.27. The number of hydrogen-bond donors (Lipinski definition) is 0. The van der Waals surface area contributed by atoms with Gasteiger partial charge in [0.1, 0.15) is 11.5 Å². The van der Waals surface area contributed by atoms with Crippen molar-refractivity contribution in [2.75, 3.05) is 25.7 Å². The summed E-state index contributed by atoms with van der Waals surface area (Å²) in [7, 11) is 1.60. The number of carbonyl (C=O) groups excluding carboxylic acids is 1. The molecule has 3 aromatic rings. The lowest BCUT2D eigenvalue weighted by Crippen LogP contribution is -2.18. The number of nitrogens with zero attached hydrogens (tertiary/aromatic N) is 2. The van der Waals surface area contributed by atoms with E-state index in [0.29, 0.717) is 22.7 Å². The molecule has 0 saturated heterocycles. The van der Waals surface area contributed by atoms with E-state index in [1.54, 1.807) is 43.1 Å². The Morgan fingerprint density at radius 2 is 1.93 bits per heavy atom. The number of aryl methyl sites for hydroxylation is 1. The predicted molar refractivity (Wildman–Crippen MR) is 112 cm³/mol. The molecule has 1 aromatic heterocycles. The van der Waals surface area contributed by atoms with Gasteiger partial charge in [0.15, 0.2) is 4.80 Å². The normalized spacial score (nSPS) is 11.7. The number of rotatable bonds is 7. The van der Waals surface area contributed by atoms with E-state index in [2.05, 4.69) is 15.8 Å². The van der Waals surface area contributed by atoms with Crippen LogP contribution in [0.3, 0.4) is 0 Å². The highest BCUT2D eigenvalue weighted by Gasteiger charge is 2.10. The van der Waals surface area contributed by atoms with Crippen LogP contribution >= 0.6 is 23.1 Å². The molecule has 1 heterocycles. The van der Waals surface area contributed by atoms with Crippen LogP contribution in [0.15, 0.2) is 47.5 Å². The van der Waals surface area contributed by atoms with Gasteiger partial charge in [-0.15, -0.1) is 0 Å². The summed E-state index contributed by atoms with van der Waals surface area (Å²) in [5, 5.41) is 0. The van der Waals surface area contributed by atoms with Crippen LogP contribution in [0.1, 0.15) is 17.3 Å². The zero-order valence-corrected chi connectivity index (χ0v) is 17.2. The van der Waals surface area contributed by atoms with Gasteiger partial charge in [0.2, 0.25) is 0 Å². The third-order valence-electron chi connectivity index (χ3n) is 4.02. The average molecular weight is 403 g/mol. The summed E-state index contributed by atoms with van der Waals surface area (Å²) in [6, 6.07) is 13.0. The Hall–Kier alpha value is -2.25. The number of carbonyl (C=O) groups is 1. The summed E-state index contributed by atoms with van der Waals surface area (Å²) in [6.07, 6.45) is 2.07. The Morgan fingerprint density at radius 1 is 1.19 bits per heavy atom. The van der Waals surface area contributed by atoms with E-state index in [4.69, 9.17) is 9.47 Å². The number of aromatic nitrogens is 1. The summed E-state index contributed by atoms with van der Waals surface area (Å²) in [6.45, 7) is 3.38. The first-order chi connectivity index (χ1) is 13.2. The largest absolute Gasteiger partial charge is 0.497 e. The first kappa shape index (κ1) is 19.5. The molecule has 2 aromatic carbocycles. The van der Waals surface area contributed by atoms with E-state index < -0.39 is 0 Å². The van der Waals surface area contributed by atoms with E-state index in [1.165, 1.54) is 11.3 Å². The average Bonchev–Trinajstić information content (AvgIpc) is 3.02. The van der Waals surface area contributed by atoms with Gasteiger partial charge in [0, 0.05) is 17.9 Å². The minimum atomic E-state index is -0.257. The third kappa shape index (κ3) is 4.54. The first-order valence-corrected chi connectivity index (χ1v) is 10.9. The summed E-state index contributed by atoms with van der Waals surface area (Å²) in [5.74, 6) is 2.23. The quantitative estimate of drug-likeness (QED) is 0.594. The smallest absolute Gasteiger partial charge is 0.279 e. The highest BCUT2D eigenvalue weighted by molar-refractivity contribution is 7.98. The number of hydrogen-bond acceptors (Lipinski definition) is 5. The SMILES string of the molecule is CCOc1ccc2c(c1)sc(=NC(=O)c1ccc(OC)cc1)n2CCSC. The number of fused-ring (bicyclic) bond motifs is 1. The Labute approximate surface area is 166 Å². The minimum absolute atomic E-state index is 0.257. The van der Waals surface area contributed by atoms with Crippen molar-refractivity contribution < 1.29 is 14.3 Å². The molecule has 0 radical (unpaired) electrons. The molecule has 0 spiro atoms. The van der Waals surface area contributed by atoms with Crippen molar-refractivity contribution in [1.29, 1.82) is 0 Å². The van der Waals surface area contributed by atoms with Crippen molar-refractivity contribution in [1.82, 2.24) is 4.57 Å². The van der Waals surface area contributed by atoms with Gasteiger partial charge in [0.05, 0.1) is 23.9 Å². The van der Waals surface area contributed by atoms with E-state index in [0.717, 1.165) is 28.3 Å². The zero-order chi connectivity index (χ0) is 19.2. The summed E-state index contributed by atoms with van der Waals surface area (Å²) < 4.78 is 13.9. The summed E-state index contributed by atoms with van der Waals surface area (Å²) in [4.78, 5) is 17.7. The lowest BCUT2D eigenvalue weighted by molar-refractivity contribution is 0.0998. The van der Waals surface area contributed by atoms with Crippen LogP contribution in [0.25, 0.3) is 10.2 Å². The molecule has 0 aliphatic rings. The molecule has 1 amide bonds. The maximum Gasteiger partial charge on any atom is 0.279 e. The van der Waals surface area contributed by atoms with Crippen LogP contribution < -0.4 is 14.3 Å². The van der Waals surface area contributed by atoms with Gasteiger partial charge < -0.3 is 14.0 Å². The van der Waals surface area contributed by atoms with Crippen molar-refractivity contribution in [3.63, 3.8) is 0 Å². The predicted octanol–water partition coefficient (Wildman–Crippen LogP) is 4.21. The minimum Gasteiger partial charge on any atom is -0.497 e. The van der Waals surface area contributed by atoms with Crippen molar-refractivity contribution in [2.45, 2.75) is 13.5 Å². The van der Waals surface area contributed by atoms with Crippen LogP contribution in [0, 0.1) is 0 Å². The lowest BCUT2D eigenvalue weighted by Gasteiger charge is -2.05. The number of ether oxygens (including phenoxy) is 2. The molecular formula is C20H22N2O3S2. The molecule has 0 aliphatic carbocycles. The highest BCUT2D eigenvalue weighted by Crippen LogP contribution is 2.24. The zero-order valence-electron chi connectivity index (χ0n) is 15.6. The van der Waals surface area contributed by atoms with Gasteiger partial charge in [-0.2, -0.15) is 16.8 Å². The van der Waals surface area contributed by atoms with Crippen LogP contribution in [0.5, 0.6) is 11.5 Å². The van der Waals surface area contributed by atoms with E-state index >= 15 is 0 Å². The van der Waals surface area contributed by atoms with Gasteiger partial charge in [-0.1, -0.05) is 11.3 Å². The number of thioether (sulfide) groups is 1. The van der Waals surface area contributed by atoms with Crippen LogP contribution in [-0.4, -0.2) is 36.2 Å². The molecule has 0 atom stereocenters. The van der Waals surface area contributed by atoms with Gasteiger partial charge in [-0.3, -0.25) is 4.79 Å². The van der Waals surface area contributed by atoms with E-state index in [-0.39, 0.29) is 5.91 Å². The van der Waals surface area contributed by atoms with Crippen LogP contribution in [0.2, 0.25) is 0 Å². The van der Waals surface area contributed by atoms with Gasteiger partial charge in [-0.05, 0) is 55.6 Å². The molecule has 7 heteroatoms. The van der Waals surface area contributed by atoms with Crippen molar-refractivity contribution in [3.8, 4) is 11.5 Å². The Balaban J connectivity index is 2.03. The molecule has 0 saturated carbocycles. The second-order valence-corrected chi connectivity index (χ2v) is 7.73. The topological polar surface area (TPSA) is 52.8 Å². The number of amides is 1. The fraction of sp³-hybridized carbons (Fsp3) is 0.300. The molecule has 0 unspecified atom stereocenters. The Kier molecular flexibility index (Phi) is 6.58. The lowest BCUT2D eigenvalue weighted by atomic mass is 10.2. The fourth-order valence-corrected chi connectivity index (χ4v) is 4.13. The second kappa shape index (κ2) is 9.10. The van der Waals surface area contributed by atoms with Gasteiger partial charge in [-0.25, -0.2) is 0 Å². The van der Waals surface area contributed by atoms with Crippen LogP contribution in [0.4, 0.5) is 0 Å². The van der Waals surface area contributed by atoms with E-state index in [1.807, 2.05) is 25.1 Å². The molecule has 0 N–H and O–H groups in total. The highest BCUT2D eigenvalue weighted by atomic mass is 32.2. The van der Waals surface area contributed by atoms with E-state index in [9.17, 15) is 4.79 Å². The van der Waals surface area contributed by atoms with Crippen LogP contribution in [-0.2, 0) is 6.54 Å². The number of thiazole rings is 1. The van der Waals surface area contributed by atoms with Crippen molar-refractivity contribution in [3.05, 3.63) is 52.8 Å². The molecule has 0 aliphatic heterocycles. The molecule has 0 bridgehead atoms. The second-order valence-electron chi connectivity index (χ2n) is 5.74. The first-order valence-electron chi connectivity index (χ1n) is 8.64. The Morgan fingerprint density at radius 3 is 2.59 bits per heavy atom. The molecule has 142 valence electrons. The van der Waals surface area contributed by atoms with Gasteiger partial charge in [0.25, 0.3) is 5.91 Å². The maximum atomic E-state index is 12.6. The Bertz CT molecular complexity index is 991.